The van der Waals surface area contributed by atoms with Gasteiger partial charge < -0.3 is 9.72 Å². The molecule has 3 rings (SSSR count). The molecule has 0 amide bonds. The van der Waals surface area contributed by atoms with Crippen LogP contribution in [0.1, 0.15) is 22.6 Å². The number of carbonyl (C=O) groups excluding carboxylic acids is 1. The maximum Gasteiger partial charge on any atom is 0.343 e. The van der Waals surface area contributed by atoms with Gasteiger partial charge in [0.15, 0.2) is 17.4 Å². The Morgan fingerprint density at radius 1 is 1.22 bits per heavy atom. The Morgan fingerprint density at radius 2 is 2.00 bits per heavy atom. The Hall–Kier alpha value is -2.35. The van der Waals surface area contributed by atoms with Crippen molar-refractivity contribution in [1.82, 2.24) is 9.97 Å². The summed E-state index contributed by atoms with van der Waals surface area (Å²) in [4.78, 5) is 18.2. The number of ether oxygens (including phenoxy) is 1. The van der Waals surface area contributed by atoms with Crippen molar-refractivity contribution >= 4 is 32.9 Å². The van der Waals surface area contributed by atoms with Crippen LogP contribution in [0.15, 0.2) is 40.9 Å². The summed E-state index contributed by atoms with van der Waals surface area (Å²) in [6.45, 7) is 0. The molecule has 0 aliphatic carbocycles. The van der Waals surface area contributed by atoms with Crippen molar-refractivity contribution in [2.24, 2.45) is 0 Å². The molecular formula is C15H8BrF3N2O2. The molecule has 8 heteroatoms. The van der Waals surface area contributed by atoms with Gasteiger partial charge in [-0.2, -0.15) is 0 Å². The number of fused-ring (bicyclic) bond motifs is 1. The van der Waals surface area contributed by atoms with E-state index in [9.17, 15) is 18.0 Å². The highest BCUT2D eigenvalue weighted by Crippen LogP contribution is 2.24. The zero-order chi connectivity index (χ0) is 16.6. The third kappa shape index (κ3) is 3.21. The molecule has 0 radical (unpaired) electrons. The summed E-state index contributed by atoms with van der Waals surface area (Å²) in [6, 6.07) is 8.10. The number of imidazole rings is 1. The Bertz CT molecular complexity index is 896. The van der Waals surface area contributed by atoms with Crippen LogP contribution < -0.4 is 4.74 Å². The lowest BCUT2D eigenvalue weighted by atomic mass is 10.2. The van der Waals surface area contributed by atoms with E-state index >= 15 is 0 Å². The molecule has 0 saturated carbocycles. The van der Waals surface area contributed by atoms with Gasteiger partial charge in [0, 0.05) is 4.47 Å². The van der Waals surface area contributed by atoms with Gasteiger partial charge in [-0.25, -0.2) is 22.9 Å². The Labute approximate surface area is 136 Å². The molecule has 4 nitrogen and oxygen atoms in total. The Kier molecular flexibility index (Phi) is 4.08. The van der Waals surface area contributed by atoms with E-state index in [1.165, 1.54) is 30.3 Å². The maximum atomic E-state index is 13.7. The first kappa shape index (κ1) is 15.5. The lowest BCUT2D eigenvalue weighted by Crippen LogP contribution is -2.09. The smallest absolute Gasteiger partial charge is 0.343 e. The fourth-order valence-corrected chi connectivity index (χ4v) is 2.31. The van der Waals surface area contributed by atoms with Gasteiger partial charge in [0.25, 0.3) is 6.43 Å². The largest absolute Gasteiger partial charge is 0.420 e. The predicted molar refractivity (Wildman–Crippen MR) is 80.1 cm³/mol. The second-order valence-corrected chi connectivity index (χ2v) is 5.53. The second kappa shape index (κ2) is 6.04. The number of halogens is 4. The number of hydrogen-bond acceptors (Lipinski definition) is 3. The average Bonchev–Trinajstić information content (AvgIpc) is 2.93. The molecule has 1 N–H and O–H groups in total. The van der Waals surface area contributed by atoms with Crippen LogP contribution >= 0.6 is 15.9 Å². The molecule has 0 unspecified atom stereocenters. The zero-order valence-electron chi connectivity index (χ0n) is 11.3. The third-order valence-electron chi connectivity index (χ3n) is 3.04. The lowest BCUT2D eigenvalue weighted by molar-refractivity contribution is 0.0728. The molecule has 2 aromatic carbocycles. The van der Waals surface area contributed by atoms with Crippen molar-refractivity contribution in [3.05, 3.63) is 58.1 Å². The summed E-state index contributed by atoms with van der Waals surface area (Å²) in [6.07, 6.45) is -2.74. The molecule has 3 aromatic rings. The highest BCUT2D eigenvalue weighted by Gasteiger charge is 2.16. The van der Waals surface area contributed by atoms with Crippen LogP contribution in [0.3, 0.4) is 0 Å². The van der Waals surface area contributed by atoms with E-state index in [4.69, 9.17) is 4.74 Å². The summed E-state index contributed by atoms with van der Waals surface area (Å²) in [7, 11) is 0. The van der Waals surface area contributed by atoms with Gasteiger partial charge >= 0.3 is 5.97 Å². The topological polar surface area (TPSA) is 55.0 Å². The predicted octanol–water partition coefficient (Wildman–Crippen LogP) is 4.62. The Balaban J connectivity index is 1.88. The van der Waals surface area contributed by atoms with Crippen LogP contribution in [-0.4, -0.2) is 15.9 Å². The molecule has 0 saturated heterocycles. The zero-order valence-corrected chi connectivity index (χ0v) is 12.9. The fraction of sp³-hybridized carbons (Fsp3) is 0.0667. The summed E-state index contributed by atoms with van der Waals surface area (Å²) in [5, 5.41) is 0. The van der Waals surface area contributed by atoms with E-state index in [0.717, 1.165) is 6.07 Å². The van der Waals surface area contributed by atoms with Crippen molar-refractivity contribution in [2.75, 3.05) is 0 Å². The van der Waals surface area contributed by atoms with Crippen LogP contribution in [0.25, 0.3) is 11.0 Å². The molecule has 1 aromatic heterocycles. The third-order valence-corrected chi connectivity index (χ3v) is 3.53. The quantitative estimate of drug-likeness (QED) is 0.529. The van der Waals surface area contributed by atoms with E-state index in [1.807, 2.05) is 0 Å². The van der Waals surface area contributed by atoms with E-state index in [1.54, 1.807) is 0 Å². The number of aromatic nitrogens is 2. The molecule has 1 heterocycles. The van der Waals surface area contributed by atoms with Gasteiger partial charge in [-0.15, -0.1) is 0 Å². The molecule has 0 bridgehead atoms. The van der Waals surface area contributed by atoms with Crippen molar-refractivity contribution in [3.63, 3.8) is 0 Å². The highest BCUT2D eigenvalue weighted by atomic mass is 79.9. The van der Waals surface area contributed by atoms with Gasteiger partial charge in [0.1, 0.15) is 0 Å². The summed E-state index contributed by atoms with van der Waals surface area (Å²) in [5.74, 6) is -2.21. The summed E-state index contributed by atoms with van der Waals surface area (Å²) >= 11 is 3.10. The van der Waals surface area contributed by atoms with Gasteiger partial charge in [0.2, 0.25) is 0 Å². The molecular weight excluding hydrogens is 377 g/mol. The van der Waals surface area contributed by atoms with Crippen molar-refractivity contribution < 1.29 is 22.7 Å². The number of carbonyl (C=O) groups is 1. The number of nitrogens with one attached hydrogen (secondary N) is 1. The number of benzene rings is 2. The van der Waals surface area contributed by atoms with Crippen LogP contribution in [0, 0.1) is 5.82 Å². The number of esters is 1. The standard InChI is InChI=1S/C15H8BrF3N2O2/c16-8-2-4-12(9(17)6-8)23-15(22)7-1-3-10-11(5-7)21-14(20-10)13(18)19/h1-6,13H,(H,20,21). The number of alkyl halides is 2. The van der Waals surface area contributed by atoms with Crippen molar-refractivity contribution in [3.8, 4) is 5.75 Å². The number of H-pyrrole nitrogens is 1. The van der Waals surface area contributed by atoms with Crippen LogP contribution in [0.2, 0.25) is 0 Å². The normalized spacial score (nSPS) is 11.2. The van der Waals surface area contributed by atoms with E-state index in [-0.39, 0.29) is 16.8 Å². The number of hydrogen-bond donors (Lipinski definition) is 1. The minimum absolute atomic E-state index is 0.0873. The monoisotopic (exact) mass is 384 g/mol. The highest BCUT2D eigenvalue weighted by molar-refractivity contribution is 9.10. The molecule has 0 atom stereocenters. The molecule has 118 valence electrons. The van der Waals surface area contributed by atoms with Gasteiger partial charge in [-0.3, -0.25) is 0 Å². The molecule has 0 aliphatic heterocycles. The van der Waals surface area contributed by atoms with Gasteiger partial charge in [-0.1, -0.05) is 15.9 Å². The van der Waals surface area contributed by atoms with Gasteiger partial charge in [-0.05, 0) is 36.4 Å². The minimum atomic E-state index is -2.74. The molecule has 0 spiro atoms. The first-order valence-corrected chi connectivity index (χ1v) is 7.18. The van der Waals surface area contributed by atoms with Gasteiger partial charge in [0.05, 0.1) is 16.6 Å². The van der Waals surface area contributed by atoms with Crippen LogP contribution in [-0.2, 0) is 0 Å². The molecule has 0 fully saturated rings. The molecule has 23 heavy (non-hydrogen) atoms. The van der Waals surface area contributed by atoms with E-state index in [0.29, 0.717) is 9.99 Å². The minimum Gasteiger partial charge on any atom is -0.420 e. The first-order chi connectivity index (χ1) is 10.9. The average molecular weight is 385 g/mol. The lowest BCUT2D eigenvalue weighted by Gasteiger charge is -2.05. The molecule has 0 aliphatic rings. The number of aromatic amines is 1. The fourth-order valence-electron chi connectivity index (χ4n) is 1.98. The number of nitrogens with zero attached hydrogens (tertiary/aromatic N) is 1. The van der Waals surface area contributed by atoms with Crippen LogP contribution in [0.4, 0.5) is 13.2 Å². The SMILES string of the molecule is O=C(Oc1ccc(Br)cc1F)c1ccc2nc(C(F)F)[nH]c2c1. The van der Waals surface area contributed by atoms with Crippen molar-refractivity contribution in [1.29, 1.82) is 0 Å². The first-order valence-electron chi connectivity index (χ1n) is 6.39. The van der Waals surface area contributed by atoms with Crippen molar-refractivity contribution in [2.45, 2.75) is 6.43 Å². The maximum absolute atomic E-state index is 13.7. The summed E-state index contributed by atoms with van der Waals surface area (Å²) < 4.78 is 44.3. The van der Waals surface area contributed by atoms with E-state index < -0.39 is 24.0 Å². The van der Waals surface area contributed by atoms with Crippen LogP contribution in [0.5, 0.6) is 5.75 Å². The Morgan fingerprint density at radius 3 is 2.70 bits per heavy atom. The number of rotatable bonds is 3. The summed E-state index contributed by atoms with van der Waals surface area (Å²) in [5.41, 5.74) is 0.655. The van der Waals surface area contributed by atoms with E-state index in [2.05, 4.69) is 25.9 Å². The second-order valence-electron chi connectivity index (χ2n) is 4.62.